The Labute approximate surface area is 152 Å². The van der Waals surface area contributed by atoms with Gasteiger partial charge in [-0.3, -0.25) is 9.59 Å². The van der Waals surface area contributed by atoms with E-state index in [1.54, 1.807) is 17.2 Å². The Morgan fingerprint density at radius 3 is 2.85 bits per heavy atom. The van der Waals surface area contributed by atoms with Crippen LogP contribution in [-0.2, 0) is 21.4 Å². The van der Waals surface area contributed by atoms with Crippen LogP contribution in [-0.4, -0.2) is 23.3 Å². The van der Waals surface area contributed by atoms with Gasteiger partial charge in [-0.05, 0) is 48.9 Å². The second-order valence-electron chi connectivity index (χ2n) is 7.61. The van der Waals surface area contributed by atoms with E-state index in [4.69, 9.17) is 0 Å². The second-order valence-corrected chi connectivity index (χ2v) is 7.61. The number of hydrogen-bond donors (Lipinski definition) is 1. The maximum absolute atomic E-state index is 12.7. The van der Waals surface area contributed by atoms with Crippen molar-refractivity contribution in [3.05, 3.63) is 53.7 Å². The molecule has 1 aromatic carbocycles. The molecule has 26 heavy (non-hydrogen) atoms. The third-order valence-corrected chi connectivity index (χ3v) is 6.17. The fourth-order valence-corrected chi connectivity index (χ4v) is 4.69. The van der Waals surface area contributed by atoms with Gasteiger partial charge in [0.1, 0.15) is 5.82 Å². The number of rotatable bonds is 3. The van der Waals surface area contributed by atoms with Crippen molar-refractivity contribution < 1.29 is 9.59 Å². The number of nitrogens with zero attached hydrogens (tertiary/aromatic N) is 2. The summed E-state index contributed by atoms with van der Waals surface area (Å²) in [6.07, 6.45) is 6.22. The third kappa shape index (κ3) is 2.34. The predicted molar refractivity (Wildman–Crippen MR) is 99.0 cm³/mol. The van der Waals surface area contributed by atoms with Gasteiger partial charge in [-0.15, -0.1) is 0 Å². The summed E-state index contributed by atoms with van der Waals surface area (Å²) >= 11 is 0. The number of aromatic nitrogens is 1. The van der Waals surface area contributed by atoms with Crippen LogP contribution in [0.15, 0.2) is 42.6 Å². The van der Waals surface area contributed by atoms with Gasteiger partial charge in [0.2, 0.25) is 11.8 Å². The molecule has 5 heteroatoms. The Morgan fingerprint density at radius 1 is 1.19 bits per heavy atom. The minimum absolute atomic E-state index is 0.0350. The number of nitrogens with one attached hydrogen (secondary N) is 1. The minimum Gasteiger partial charge on any atom is -0.311 e. The molecular formula is C21H21N3O2. The number of fused-ring (bicyclic) bond motifs is 2. The van der Waals surface area contributed by atoms with Gasteiger partial charge in [0.05, 0.1) is 11.9 Å². The summed E-state index contributed by atoms with van der Waals surface area (Å²) in [7, 11) is 0. The lowest BCUT2D eigenvalue weighted by Gasteiger charge is -2.15. The van der Waals surface area contributed by atoms with Crippen LogP contribution >= 0.6 is 0 Å². The largest absolute Gasteiger partial charge is 0.311 e. The van der Waals surface area contributed by atoms with Crippen LogP contribution in [0.5, 0.6) is 0 Å². The molecule has 2 unspecified atom stereocenters. The van der Waals surface area contributed by atoms with Crippen molar-refractivity contribution in [3.8, 4) is 0 Å². The highest BCUT2D eigenvalue weighted by atomic mass is 16.2. The fourth-order valence-electron chi connectivity index (χ4n) is 4.69. The van der Waals surface area contributed by atoms with E-state index in [2.05, 4.69) is 34.6 Å². The summed E-state index contributed by atoms with van der Waals surface area (Å²) in [6, 6.07) is 12.1. The lowest BCUT2D eigenvalue weighted by Crippen LogP contribution is -2.24. The topological polar surface area (TPSA) is 62.3 Å². The van der Waals surface area contributed by atoms with Crippen LogP contribution < -0.4 is 10.2 Å². The molecule has 2 fully saturated rings. The van der Waals surface area contributed by atoms with Gasteiger partial charge in [0, 0.05) is 24.3 Å². The van der Waals surface area contributed by atoms with Gasteiger partial charge in [0.25, 0.3) is 0 Å². The molecule has 3 aliphatic rings. The van der Waals surface area contributed by atoms with Gasteiger partial charge in [-0.1, -0.05) is 24.3 Å². The lowest BCUT2D eigenvalue weighted by atomic mass is 9.95. The first-order valence-corrected chi connectivity index (χ1v) is 9.33. The highest BCUT2D eigenvalue weighted by molar-refractivity contribution is 5.97. The monoisotopic (exact) mass is 347 g/mol. The Morgan fingerprint density at radius 2 is 2.08 bits per heavy atom. The summed E-state index contributed by atoms with van der Waals surface area (Å²) in [6.45, 7) is 0.746. The zero-order chi connectivity index (χ0) is 17.7. The molecule has 1 aliphatic heterocycles. The molecule has 5 nitrogen and oxygen atoms in total. The summed E-state index contributed by atoms with van der Waals surface area (Å²) in [4.78, 5) is 30.6. The molecule has 132 valence electrons. The molecule has 1 saturated carbocycles. The van der Waals surface area contributed by atoms with E-state index in [-0.39, 0.29) is 23.1 Å². The van der Waals surface area contributed by atoms with Gasteiger partial charge in [-0.2, -0.15) is 0 Å². The van der Waals surface area contributed by atoms with Crippen LogP contribution in [0.3, 0.4) is 0 Å². The molecule has 1 aromatic heterocycles. The summed E-state index contributed by atoms with van der Waals surface area (Å²) in [5, 5.41) is 2.96. The number of amides is 2. The van der Waals surface area contributed by atoms with Crippen LogP contribution in [0.25, 0.3) is 0 Å². The van der Waals surface area contributed by atoms with Crippen molar-refractivity contribution in [3.63, 3.8) is 0 Å². The highest BCUT2D eigenvalue weighted by Crippen LogP contribution is 2.61. The van der Waals surface area contributed by atoms with E-state index in [0.29, 0.717) is 12.2 Å². The molecular weight excluding hydrogens is 326 g/mol. The van der Waals surface area contributed by atoms with Crippen molar-refractivity contribution in [2.75, 3.05) is 16.8 Å². The number of carbonyl (C=O) groups is 2. The second kappa shape index (κ2) is 5.66. The van der Waals surface area contributed by atoms with E-state index in [0.717, 1.165) is 37.9 Å². The molecule has 5 rings (SSSR count). The molecule has 2 aliphatic carbocycles. The molecule has 1 saturated heterocycles. The molecule has 1 spiro atoms. The number of benzene rings is 1. The predicted octanol–water partition coefficient (Wildman–Crippen LogP) is 3.05. The molecule has 0 radical (unpaired) electrons. The summed E-state index contributed by atoms with van der Waals surface area (Å²) in [5.41, 5.74) is 3.59. The van der Waals surface area contributed by atoms with E-state index >= 15 is 0 Å². The van der Waals surface area contributed by atoms with E-state index < -0.39 is 0 Å². The third-order valence-electron chi connectivity index (χ3n) is 6.17. The van der Waals surface area contributed by atoms with Crippen LogP contribution in [0, 0.1) is 5.92 Å². The lowest BCUT2D eigenvalue weighted by molar-refractivity contribution is -0.118. The zero-order valence-corrected chi connectivity index (χ0v) is 14.6. The Bertz CT molecular complexity index is 892. The normalized spacial score (nSPS) is 26.2. The smallest absolute Gasteiger partial charge is 0.229 e. The average molecular weight is 347 g/mol. The number of aryl methyl sites for hydroxylation is 1. The first-order valence-electron chi connectivity index (χ1n) is 9.33. The Hall–Kier alpha value is -2.69. The first kappa shape index (κ1) is 15.6. The zero-order valence-electron chi connectivity index (χ0n) is 14.6. The first-order chi connectivity index (χ1) is 12.7. The number of pyridine rings is 1. The van der Waals surface area contributed by atoms with Gasteiger partial charge >= 0.3 is 0 Å². The van der Waals surface area contributed by atoms with Crippen molar-refractivity contribution in [2.45, 2.75) is 37.5 Å². The minimum atomic E-state index is 0.0350. The van der Waals surface area contributed by atoms with Gasteiger partial charge in [-0.25, -0.2) is 4.98 Å². The highest BCUT2D eigenvalue weighted by Gasteiger charge is 2.61. The Balaban J connectivity index is 1.28. The molecule has 2 amide bonds. The quantitative estimate of drug-likeness (QED) is 0.928. The molecule has 2 aromatic rings. The molecule has 0 bridgehead atoms. The number of anilines is 2. The molecule has 2 atom stereocenters. The van der Waals surface area contributed by atoms with Crippen LogP contribution in [0.2, 0.25) is 0 Å². The van der Waals surface area contributed by atoms with Crippen molar-refractivity contribution in [2.24, 2.45) is 5.92 Å². The Kier molecular flexibility index (Phi) is 3.39. The standard InChI is InChI=1S/C21H21N3O2/c25-19-6-3-11-24(19)15-7-8-18(22-13-15)23-20(26)17-12-21(17)10-9-14-4-1-2-5-16(14)21/h1-2,4-5,7-8,13,17H,3,6,9-12H2,(H,22,23,26). The van der Waals surface area contributed by atoms with Crippen molar-refractivity contribution in [1.82, 2.24) is 4.98 Å². The maximum atomic E-state index is 12.7. The van der Waals surface area contributed by atoms with E-state index in [1.165, 1.54) is 11.1 Å². The number of hydrogen-bond acceptors (Lipinski definition) is 3. The SMILES string of the molecule is O=C(Nc1ccc(N2CCCC2=O)cn1)C1CC12CCc1ccccc12. The van der Waals surface area contributed by atoms with Gasteiger partial charge < -0.3 is 10.2 Å². The fraction of sp³-hybridized carbons (Fsp3) is 0.381. The molecule has 1 N–H and O–H groups in total. The summed E-state index contributed by atoms with van der Waals surface area (Å²) < 4.78 is 0. The van der Waals surface area contributed by atoms with Crippen LogP contribution in [0.1, 0.15) is 36.8 Å². The van der Waals surface area contributed by atoms with E-state index in [1.807, 2.05) is 6.07 Å². The number of carbonyl (C=O) groups excluding carboxylic acids is 2. The van der Waals surface area contributed by atoms with Gasteiger partial charge in [0.15, 0.2) is 0 Å². The maximum Gasteiger partial charge on any atom is 0.229 e. The summed E-state index contributed by atoms with van der Waals surface area (Å²) in [5.74, 6) is 0.786. The molecule has 2 heterocycles. The average Bonchev–Trinajstić information content (AvgIpc) is 3.06. The van der Waals surface area contributed by atoms with E-state index in [9.17, 15) is 9.59 Å². The van der Waals surface area contributed by atoms with Crippen molar-refractivity contribution in [1.29, 1.82) is 0 Å². The van der Waals surface area contributed by atoms with Crippen molar-refractivity contribution >= 4 is 23.3 Å². The van der Waals surface area contributed by atoms with Crippen LogP contribution in [0.4, 0.5) is 11.5 Å².